The second kappa shape index (κ2) is 10.1. The van der Waals surface area contributed by atoms with Crippen molar-refractivity contribution in [3.8, 4) is 0 Å². The first-order valence-electron chi connectivity index (χ1n) is 8.97. The van der Waals surface area contributed by atoms with Gasteiger partial charge in [-0.15, -0.1) is 8.19 Å². The zero-order chi connectivity index (χ0) is 14.8. The first-order valence-corrected chi connectivity index (χ1v) is 9.97. The zero-order valence-electron chi connectivity index (χ0n) is 13.7. The van der Waals surface area contributed by atoms with Crippen molar-refractivity contribution in [3.63, 3.8) is 0 Å². The van der Waals surface area contributed by atoms with Gasteiger partial charge in [0.05, 0.1) is 0 Å². The quantitative estimate of drug-likeness (QED) is 0.381. The molecule has 1 unspecified atom stereocenters. The molecular weight excluding hydrogens is 271 g/mol. The van der Waals surface area contributed by atoms with Crippen LogP contribution >= 0.6 is 8.19 Å². The molecule has 116 valence electrons. The summed E-state index contributed by atoms with van der Waals surface area (Å²) in [5, 5.41) is 4.70. The van der Waals surface area contributed by atoms with Gasteiger partial charge in [-0.05, 0) is 34.7 Å². The molecule has 21 heavy (non-hydrogen) atoms. The highest BCUT2D eigenvalue weighted by Gasteiger charge is 1.99. The molecule has 2 aromatic rings. The summed E-state index contributed by atoms with van der Waals surface area (Å²) >= 11 is 0. The highest BCUT2D eigenvalue weighted by molar-refractivity contribution is 7.38. The predicted octanol–water partition coefficient (Wildman–Crippen LogP) is 7.33. The van der Waals surface area contributed by atoms with Gasteiger partial charge in [-0.3, -0.25) is 0 Å². The van der Waals surface area contributed by atoms with Crippen molar-refractivity contribution >= 4 is 18.7 Å². The maximum Gasteiger partial charge on any atom is -0.00156 e. The lowest BCUT2D eigenvalue weighted by Gasteiger charge is -2.02. The van der Waals surface area contributed by atoms with Crippen molar-refractivity contribution in [2.24, 2.45) is 0 Å². The van der Waals surface area contributed by atoms with Crippen LogP contribution in [0.15, 0.2) is 30.3 Å². The minimum absolute atomic E-state index is 0.944. The van der Waals surface area contributed by atoms with Crippen LogP contribution in [0.5, 0.6) is 0 Å². The molecule has 1 heteroatoms. The number of aryl methyl sites for hydroxylation is 1. The van der Waals surface area contributed by atoms with Crippen LogP contribution in [0.2, 0.25) is 0 Å². The van der Waals surface area contributed by atoms with E-state index in [-0.39, 0.29) is 0 Å². The lowest BCUT2D eigenvalue weighted by molar-refractivity contribution is 0.557. The van der Waals surface area contributed by atoms with E-state index in [0.29, 0.717) is 0 Å². The summed E-state index contributed by atoms with van der Waals surface area (Å²) in [4.78, 5) is 0. The van der Waals surface area contributed by atoms with Crippen molar-refractivity contribution in [1.82, 2.24) is 0 Å². The monoisotopic (exact) mass is 302 g/mol. The Labute approximate surface area is 132 Å². The molecule has 1 atom stereocenters. The summed E-state index contributed by atoms with van der Waals surface area (Å²) < 4.78 is 0. The zero-order valence-corrected chi connectivity index (χ0v) is 14.7. The summed E-state index contributed by atoms with van der Waals surface area (Å²) in [5.74, 6) is 0. The van der Waals surface area contributed by atoms with Gasteiger partial charge in [0.1, 0.15) is 0 Å². The third-order valence-corrected chi connectivity index (χ3v) is 5.83. The van der Waals surface area contributed by atoms with E-state index in [0.717, 1.165) is 8.19 Å². The lowest BCUT2D eigenvalue weighted by Crippen LogP contribution is -1.83. The van der Waals surface area contributed by atoms with Gasteiger partial charge in [0.25, 0.3) is 0 Å². The number of benzene rings is 1. The summed E-state index contributed by atoms with van der Waals surface area (Å²) in [7, 11) is 0.944. The van der Waals surface area contributed by atoms with Crippen molar-refractivity contribution < 1.29 is 0 Å². The van der Waals surface area contributed by atoms with E-state index in [9.17, 15) is 0 Å². The summed E-state index contributed by atoms with van der Waals surface area (Å²) in [5.41, 5.74) is 0. The Kier molecular flexibility index (Phi) is 7.97. The second-order valence-electron chi connectivity index (χ2n) is 6.31. The lowest BCUT2D eigenvalue weighted by atomic mass is 10.1. The Hall–Kier alpha value is -0.740. The first kappa shape index (κ1) is 16.6. The van der Waals surface area contributed by atoms with Crippen LogP contribution in [0.4, 0.5) is 0 Å². The van der Waals surface area contributed by atoms with Gasteiger partial charge in [0.15, 0.2) is 0 Å². The maximum atomic E-state index is 2.43. The average molecular weight is 302 g/mol. The van der Waals surface area contributed by atoms with E-state index >= 15 is 0 Å². The molecule has 0 saturated heterocycles. The number of hydrogen-bond acceptors (Lipinski definition) is 0. The SMILES string of the molecule is CCCCCCCCCCCCc1cc2ccccc2[pH]1. The van der Waals surface area contributed by atoms with Gasteiger partial charge in [0.2, 0.25) is 0 Å². The van der Waals surface area contributed by atoms with E-state index in [1.807, 2.05) is 0 Å². The minimum Gasteiger partial charge on any atom is -0.128 e. The molecule has 1 heterocycles. The molecule has 0 amide bonds. The van der Waals surface area contributed by atoms with Crippen LogP contribution < -0.4 is 0 Å². The highest BCUT2D eigenvalue weighted by atomic mass is 31.0. The molecule has 0 N–H and O–H groups in total. The number of unbranched alkanes of at least 4 members (excludes halogenated alkanes) is 9. The Balaban J connectivity index is 1.50. The minimum atomic E-state index is 0.944. The number of hydrogen-bond donors (Lipinski definition) is 0. The topological polar surface area (TPSA) is 0 Å². The van der Waals surface area contributed by atoms with E-state index in [1.54, 1.807) is 10.4 Å². The molecule has 0 spiro atoms. The van der Waals surface area contributed by atoms with Gasteiger partial charge in [-0.2, -0.15) is 0 Å². The van der Waals surface area contributed by atoms with Crippen molar-refractivity contribution in [2.45, 2.75) is 77.6 Å². The van der Waals surface area contributed by atoms with E-state index in [2.05, 4.69) is 37.3 Å². The maximum absolute atomic E-state index is 2.43. The van der Waals surface area contributed by atoms with Crippen molar-refractivity contribution in [2.75, 3.05) is 0 Å². The summed E-state index contributed by atoms with van der Waals surface area (Å²) in [6.45, 7) is 2.29. The molecule has 0 saturated carbocycles. The van der Waals surface area contributed by atoms with Crippen LogP contribution in [0, 0.1) is 0 Å². The van der Waals surface area contributed by atoms with Crippen LogP contribution in [-0.4, -0.2) is 0 Å². The Bertz CT molecular complexity index is 464. The fourth-order valence-corrected chi connectivity index (χ4v) is 4.43. The molecule has 1 aromatic heterocycles. The molecule has 0 fully saturated rings. The van der Waals surface area contributed by atoms with Gasteiger partial charge in [0, 0.05) is 0 Å². The molecule has 0 radical (unpaired) electrons. The van der Waals surface area contributed by atoms with Gasteiger partial charge >= 0.3 is 0 Å². The third kappa shape index (κ3) is 6.27. The van der Waals surface area contributed by atoms with Crippen LogP contribution in [0.1, 0.15) is 76.4 Å². The van der Waals surface area contributed by atoms with Crippen LogP contribution in [0.25, 0.3) is 10.5 Å². The Morgan fingerprint density at radius 2 is 1.38 bits per heavy atom. The summed E-state index contributed by atoms with van der Waals surface area (Å²) in [6.07, 6.45) is 15.6. The van der Waals surface area contributed by atoms with E-state index in [1.165, 1.54) is 76.0 Å². The summed E-state index contributed by atoms with van der Waals surface area (Å²) in [6, 6.07) is 11.3. The van der Waals surface area contributed by atoms with E-state index < -0.39 is 0 Å². The highest BCUT2D eigenvalue weighted by Crippen LogP contribution is 2.31. The molecule has 0 nitrogen and oxygen atoms in total. The standard InChI is InChI=1S/C20H31P/c1-2-3-4-5-6-7-8-9-10-11-15-19-17-18-14-12-13-16-20(18)21-19/h12-14,16-17,21H,2-11,15H2,1H3. The Morgan fingerprint density at radius 3 is 2.05 bits per heavy atom. The van der Waals surface area contributed by atoms with Crippen molar-refractivity contribution in [1.29, 1.82) is 0 Å². The largest absolute Gasteiger partial charge is 0.128 e. The van der Waals surface area contributed by atoms with Gasteiger partial charge in [-0.25, -0.2) is 0 Å². The molecular formula is C20H31P. The second-order valence-corrected chi connectivity index (χ2v) is 7.74. The Morgan fingerprint density at radius 1 is 0.762 bits per heavy atom. The average Bonchev–Trinajstić information content (AvgIpc) is 2.92. The fraction of sp³-hybridized carbons (Fsp3) is 0.600. The smallest absolute Gasteiger partial charge is 0.00156 e. The van der Waals surface area contributed by atoms with Gasteiger partial charge in [-0.1, -0.05) is 89.0 Å². The first-order chi connectivity index (χ1) is 10.4. The van der Waals surface area contributed by atoms with E-state index in [4.69, 9.17) is 0 Å². The number of fused-ring (bicyclic) bond motifs is 1. The van der Waals surface area contributed by atoms with Crippen LogP contribution in [0.3, 0.4) is 0 Å². The third-order valence-electron chi connectivity index (χ3n) is 4.39. The molecule has 0 aliphatic rings. The molecule has 0 bridgehead atoms. The molecule has 0 aliphatic heterocycles. The molecule has 2 rings (SSSR count). The normalized spacial score (nSPS) is 11.7. The molecule has 1 aromatic carbocycles. The molecule has 0 aliphatic carbocycles. The van der Waals surface area contributed by atoms with Crippen molar-refractivity contribution in [3.05, 3.63) is 35.6 Å². The van der Waals surface area contributed by atoms with Crippen LogP contribution in [-0.2, 0) is 6.42 Å². The predicted molar refractivity (Wildman–Crippen MR) is 99.0 cm³/mol. The van der Waals surface area contributed by atoms with Gasteiger partial charge < -0.3 is 0 Å². The number of rotatable bonds is 11. The fourth-order valence-electron chi connectivity index (χ4n) is 3.07.